The fourth-order valence-corrected chi connectivity index (χ4v) is 2.23. The van der Waals surface area contributed by atoms with Gasteiger partial charge in [-0.3, -0.25) is 4.79 Å². The molecule has 20 heavy (non-hydrogen) atoms. The van der Waals surface area contributed by atoms with Gasteiger partial charge in [0, 0.05) is 12.6 Å². The second-order valence-corrected chi connectivity index (χ2v) is 6.33. The molecule has 0 saturated heterocycles. The third-order valence-electron chi connectivity index (χ3n) is 3.28. The molecule has 0 bridgehead atoms. The quantitative estimate of drug-likeness (QED) is 0.900. The van der Waals surface area contributed by atoms with E-state index in [-0.39, 0.29) is 17.9 Å². The summed E-state index contributed by atoms with van der Waals surface area (Å²) in [6.45, 7) is 8.21. The number of rotatable bonds is 5. The highest BCUT2D eigenvalue weighted by atomic mass is 35.5. The van der Waals surface area contributed by atoms with Crippen molar-refractivity contribution in [2.24, 2.45) is 11.7 Å². The van der Waals surface area contributed by atoms with E-state index >= 15 is 0 Å². The number of carbonyl (C=O) groups is 1. The second-order valence-electron chi connectivity index (χ2n) is 5.54. The number of nitrogens with zero attached hydrogens (tertiary/aromatic N) is 1. The van der Waals surface area contributed by atoms with Crippen molar-refractivity contribution in [1.29, 1.82) is 0 Å². The molecule has 0 aliphatic heterocycles. The standard InChI is InChI=1S/C15H22Cl2N2O/c1-9(2)14(18)15(20)19(10(3)4)8-11-6-5-7-12(16)13(11)17/h5-7,9-10,14H,8,18H2,1-4H3. The first-order chi connectivity index (χ1) is 9.25. The number of hydrogen-bond donors (Lipinski definition) is 1. The molecule has 0 spiro atoms. The minimum atomic E-state index is -0.504. The molecule has 0 radical (unpaired) electrons. The van der Waals surface area contributed by atoms with Crippen LogP contribution in [0.15, 0.2) is 18.2 Å². The summed E-state index contributed by atoms with van der Waals surface area (Å²) in [6.07, 6.45) is 0. The summed E-state index contributed by atoms with van der Waals surface area (Å²) in [4.78, 5) is 14.2. The predicted octanol–water partition coefficient (Wildman–Crippen LogP) is 3.71. The number of benzene rings is 1. The van der Waals surface area contributed by atoms with E-state index in [9.17, 15) is 4.79 Å². The van der Waals surface area contributed by atoms with Crippen LogP contribution in [0.1, 0.15) is 33.3 Å². The van der Waals surface area contributed by atoms with Crippen LogP contribution in [0.25, 0.3) is 0 Å². The van der Waals surface area contributed by atoms with Gasteiger partial charge in [0.15, 0.2) is 0 Å². The Bertz CT molecular complexity index is 475. The van der Waals surface area contributed by atoms with Crippen LogP contribution in [-0.4, -0.2) is 22.9 Å². The monoisotopic (exact) mass is 316 g/mol. The van der Waals surface area contributed by atoms with Crippen LogP contribution in [-0.2, 0) is 11.3 Å². The van der Waals surface area contributed by atoms with Gasteiger partial charge < -0.3 is 10.6 Å². The molecule has 3 nitrogen and oxygen atoms in total. The molecule has 0 saturated carbocycles. The summed E-state index contributed by atoms with van der Waals surface area (Å²) in [5.74, 6) is 0.0321. The molecule has 1 atom stereocenters. The zero-order chi connectivity index (χ0) is 15.4. The Morgan fingerprint density at radius 1 is 1.25 bits per heavy atom. The fourth-order valence-electron chi connectivity index (χ4n) is 1.85. The summed E-state index contributed by atoms with van der Waals surface area (Å²) < 4.78 is 0. The lowest BCUT2D eigenvalue weighted by molar-refractivity contribution is -0.136. The van der Waals surface area contributed by atoms with Crippen LogP contribution in [0.3, 0.4) is 0 Å². The van der Waals surface area contributed by atoms with E-state index in [1.165, 1.54) is 0 Å². The van der Waals surface area contributed by atoms with Gasteiger partial charge in [0.2, 0.25) is 5.91 Å². The molecular weight excluding hydrogens is 295 g/mol. The molecular formula is C15H22Cl2N2O. The number of hydrogen-bond acceptors (Lipinski definition) is 2. The van der Waals surface area contributed by atoms with Crippen LogP contribution in [0.5, 0.6) is 0 Å². The van der Waals surface area contributed by atoms with Gasteiger partial charge in [0.05, 0.1) is 16.1 Å². The number of carbonyl (C=O) groups excluding carboxylic acids is 1. The maximum Gasteiger partial charge on any atom is 0.240 e. The van der Waals surface area contributed by atoms with Gasteiger partial charge in [0.25, 0.3) is 0 Å². The van der Waals surface area contributed by atoms with Gasteiger partial charge in [-0.15, -0.1) is 0 Å². The van der Waals surface area contributed by atoms with Gasteiger partial charge in [-0.05, 0) is 31.4 Å². The molecule has 0 aliphatic carbocycles. The van der Waals surface area contributed by atoms with E-state index in [2.05, 4.69) is 0 Å². The third-order valence-corrected chi connectivity index (χ3v) is 4.14. The van der Waals surface area contributed by atoms with E-state index in [4.69, 9.17) is 28.9 Å². The van der Waals surface area contributed by atoms with E-state index in [1.807, 2.05) is 39.8 Å². The van der Waals surface area contributed by atoms with Crippen molar-refractivity contribution in [3.8, 4) is 0 Å². The van der Waals surface area contributed by atoms with E-state index in [0.717, 1.165) is 5.56 Å². The molecule has 1 amide bonds. The summed E-state index contributed by atoms with van der Waals surface area (Å²) >= 11 is 12.2. The average Bonchev–Trinajstić information content (AvgIpc) is 2.38. The molecule has 1 unspecified atom stereocenters. The SMILES string of the molecule is CC(C)C(N)C(=O)N(Cc1cccc(Cl)c1Cl)C(C)C. The topological polar surface area (TPSA) is 46.3 Å². The largest absolute Gasteiger partial charge is 0.335 e. The first kappa shape index (κ1) is 17.3. The zero-order valence-electron chi connectivity index (χ0n) is 12.4. The summed E-state index contributed by atoms with van der Waals surface area (Å²) in [6, 6.07) is 4.97. The van der Waals surface area contributed by atoms with Crippen LogP contribution >= 0.6 is 23.2 Å². The molecule has 1 aromatic carbocycles. The van der Waals surface area contributed by atoms with Crippen LogP contribution in [0.4, 0.5) is 0 Å². The Morgan fingerprint density at radius 3 is 2.35 bits per heavy atom. The van der Waals surface area contributed by atoms with Gasteiger partial charge in [-0.25, -0.2) is 0 Å². The molecule has 1 rings (SSSR count). The first-order valence-electron chi connectivity index (χ1n) is 6.74. The van der Waals surface area contributed by atoms with Crippen molar-refractivity contribution in [2.75, 3.05) is 0 Å². The minimum absolute atomic E-state index is 0.0438. The summed E-state index contributed by atoms with van der Waals surface area (Å²) in [7, 11) is 0. The zero-order valence-corrected chi connectivity index (χ0v) is 13.9. The molecule has 0 aliphatic rings. The van der Waals surface area contributed by atoms with E-state index in [0.29, 0.717) is 16.6 Å². The molecule has 0 fully saturated rings. The maximum atomic E-state index is 12.5. The Hall–Kier alpha value is -0.770. The third kappa shape index (κ3) is 4.11. The lowest BCUT2D eigenvalue weighted by Gasteiger charge is -2.31. The molecule has 0 heterocycles. The summed E-state index contributed by atoms with van der Waals surface area (Å²) in [5.41, 5.74) is 6.80. The Balaban J connectivity index is 2.99. The number of nitrogens with two attached hydrogens (primary N) is 1. The first-order valence-corrected chi connectivity index (χ1v) is 7.50. The van der Waals surface area contributed by atoms with Crippen molar-refractivity contribution in [2.45, 2.75) is 46.3 Å². The number of halogens is 2. The molecule has 112 valence electrons. The molecule has 1 aromatic rings. The van der Waals surface area contributed by atoms with Crippen LogP contribution < -0.4 is 5.73 Å². The predicted molar refractivity (Wildman–Crippen MR) is 85.0 cm³/mol. The van der Waals surface area contributed by atoms with Crippen molar-refractivity contribution >= 4 is 29.1 Å². The second kappa shape index (κ2) is 7.30. The molecule has 0 aromatic heterocycles. The normalized spacial score (nSPS) is 12.8. The van der Waals surface area contributed by atoms with Crippen molar-refractivity contribution in [3.05, 3.63) is 33.8 Å². The van der Waals surface area contributed by atoms with Crippen molar-refractivity contribution in [1.82, 2.24) is 4.90 Å². The van der Waals surface area contributed by atoms with Gasteiger partial charge in [-0.2, -0.15) is 0 Å². The molecule has 2 N–H and O–H groups in total. The van der Waals surface area contributed by atoms with E-state index < -0.39 is 6.04 Å². The Labute approximate surface area is 131 Å². The Kier molecular flexibility index (Phi) is 6.31. The summed E-state index contributed by atoms with van der Waals surface area (Å²) in [5, 5.41) is 0.985. The minimum Gasteiger partial charge on any atom is -0.335 e. The number of amides is 1. The highest BCUT2D eigenvalue weighted by Gasteiger charge is 2.26. The average molecular weight is 317 g/mol. The Morgan fingerprint density at radius 2 is 1.85 bits per heavy atom. The highest BCUT2D eigenvalue weighted by molar-refractivity contribution is 6.42. The highest BCUT2D eigenvalue weighted by Crippen LogP contribution is 2.27. The smallest absolute Gasteiger partial charge is 0.240 e. The van der Waals surface area contributed by atoms with Gasteiger partial charge >= 0.3 is 0 Å². The van der Waals surface area contributed by atoms with E-state index in [1.54, 1.807) is 11.0 Å². The van der Waals surface area contributed by atoms with Crippen LogP contribution in [0, 0.1) is 5.92 Å². The van der Waals surface area contributed by atoms with Crippen LogP contribution in [0.2, 0.25) is 10.0 Å². The van der Waals surface area contributed by atoms with Gasteiger partial charge in [-0.1, -0.05) is 49.2 Å². The maximum absolute atomic E-state index is 12.5. The lowest BCUT2D eigenvalue weighted by Crippen LogP contribution is -2.48. The van der Waals surface area contributed by atoms with Crippen molar-refractivity contribution in [3.63, 3.8) is 0 Å². The van der Waals surface area contributed by atoms with Gasteiger partial charge in [0.1, 0.15) is 0 Å². The fraction of sp³-hybridized carbons (Fsp3) is 0.533. The van der Waals surface area contributed by atoms with Crippen molar-refractivity contribution < 1.29 is 4.79 Å². The molecule has 5 heteroatoms. The lowest BCUT2D eigenvalue weighted by atomic mass is 10.0.